The largest absolute Gasteiger partial charge is 0.477 e. The standard InChI is InChI=1S/C9H10N2O4S/c1-11(15-2)7(9(13)14)5-8(12)6-3-4-16-10-6/h3-5H,1-2H3,(H,13,14)/b7-5-. The number of carboxylic acid groups (broad SMARTS) is 1. The molecule has 0 aliphatic carbocycles. The number of hydrogen-bond donors (Lipinski definition) is 1. The number of allylic oxidation sites excluding steroid dienone is 1. The molecule has 0 bridgehead atoms. The van der Waals surface area contributed by atoms with Crippen LogP contribution in [0.2, 0.25) is 0 Å². The zero-order valence-electron chi connectivity index (χ0n) is 8.71. The van der Waals surface area contributed by atoms with Gasteiger partial charge in [-0.05, 0) is 17.6 Å². The normalized spacial score (nSPS) is 11.2. The molecule has 1 rings (SSSR count). The summed E-state index contributed by atoms with van der Waals surface area (Å²) in [5.41, 5.74) is -0.0336. The Balaban J connectivity index is 2.95. The molecule has 0 aliphatic heterocycles. The molecular weight excluding hydrogens is 232 g/mol. The van der Waals surface area contributed by atoms with Gasteiger partial charge in [-0.1, -0.05) is 0 Å². The number of hydroxylamine groups is 2. The van der Waals surface area contributed by atoms with Crippen molar-refractivity contribution >= 4 is 23.3 Å². The summed E-state index contributed by atoms with van der Waals surface area (Å²) in [6, 6.07) is 1.52. The van der Waals surface area contributed by atoms with Gasteiger partial charge in [0.1, 0.15) is 5.69 Å². The van der Waals surface area contributed by atoms with E-state index in [9.17, 15) is 9.59 Å². The number of rotatable bonds is 5. The van der Waals surface area contributed by atoms with E-state index >= 15 is 0 Å². The predicted octanol–water partition coefficient (Wildman–Crippen LogP) is 0.788. The quantitative estimate of drug-likeness (QED) is 0.467. The Morgan fingerprint density at radius 2 is 2.31 bits per heavy atom. The maximum absolute atomic E-state index is 11.6. The summed E-state index contributed by atoms with van der Waals surface area (Å²) in [6.45, 7) is 0. The molecule has 1 aromatic rings. The third-order valence-corrected chi connectivity index (χ3v) is 2.35. The summed E-state index contributed by atoms with van der Waals surface area (Å²) in [5, 5.41) is 11.5. The van der Waals surface area contributed by atoms with Crippen LogP contribution in [0.3, 0.4) is 0 Å². The number of carboxylic acids is 1. The van der Waals surface area contributed by atoms with Crippen LogP contribution in [0, 0.1) is 0 Å². The fourth-order valence-corrected chi connectivity index (χ4v) is 1.44. The number of likely N-dealkylation sites (N-methyl/N-ethyl adjacent to an activating group) is 1. The summed E-state index contributed by atoms with van der Waals surface area (Å²) >= 11 is 1.13. The van der Waals surface area contributed by atoms with Crippen LogP contribution in [-0.2, 0) is 9.63 Å². The summed E-state index contributed by atoms with van der Waals surface area (Å²) in [5.74, 6) is -1.71. The molecule has 16 heavy (non-hydrogen) atoms. The first kappa shape index (κ1) is 12.3. The average Bonchev–Trinajstić information content (AvgIpc) is 2.77. The molecule has 0 fully saturated rings. The van der Waals surface area contributed by atoms with E-state index in [1.165, 1.54) is 20.2 Å². The van der Waals surface area contributed by atoms with Gasteiger partial charge < -0.3 is 5.11 Å². The van der Waals surface area contributed by atoms with Gasteiger partial charge in [-0.2, -0.15) is 4.37 Å². The average molecular weight is 242 g/mol. The number of carbonyl (C=O) groups is 2. The van der Waals surface area contributed by atoms with E-state index in [1.54, 1.807) is 5.38 Å². The third kappa shape index (κ3) is 2.88. The number of hydrogen-bond acceptors (Lipinski definition) is 6. The van der Waals surface area contributed by atoms with Crippen molar-refractivity contribution in [2.75, 3.05) is 14.2 Å². The fourth-order valence-electron chi connectivity index (χ4n) is 0.923. The Hall–Kier alpha value is -1.73. The summed E-state index contributed by atoms with van der Waals surface area (Å²) in [6.07, 6.45) is 0.973. The molecule has 1 N–H and O–H groups in total. The molecule has 86 valence electrons. The molecule has 0 atom stereocenters. The number of aliphatic carboxylic acids is 1. The zero-order valence-corrected chi connectivity index (χ0v) is 9.52. The van der Waals surface area contributed by atoms with Crippen LogP contribution in [-0.4, -0.2) is 40.5 Å². The Morgan fingerprint density at radius 3 is 2.75 bits per heavy atom. The second-order valence-corrected chi connectivity index (χ2v) is 3.43. The van der Waals surface area contributed by atoms with Crippen molar-refractivity contribution in [2.24, 2.45) is 0 Å². The molecular formula is C9H10N2O4S. The lowest BCUT2D eigenvalue weighted by atomic mass is 10.2. The van der Waals surface area contributed by atoms with Crippen molar-refractivity contribution < 1.29 is 19.5 Å². The molecule has 0 saturated carbocycles. The first-order valence-electron chi connectivity index (χ1n) is 4.23. The van der Waals surface area contributed by atoms with Gasteiger partial charge in [0.15, 0.2) is 5.70 Å². The summed E-state index contributed by atoms with van der Waals surface area (Å²) in [4.78, 5) is 27.1. The van der Waals surface area contributed by atoms with Crippen molar-refractivity contribution in [3.8, 4) is 0 Å². The van der Waals surface area contributed by atoms with E-state index in [0.717, 1.165) is 22.7 Å². The van der Waals surface area contributed by atoms with Gasteiger partial charge in [0.2, 0.25) is 5.78 Å². The van der Waals surface area contributed by atoms with Gasteiger partial charge in [-0.3, -0.25) is 14.7 Å². The Bertz CT molecular complexity index is 413. The Morgan fingerprint density at radius 1 is 1.62 bits per heavy atom. The molecule has 0 aliphatic rings. The molecule has 0 aromatic carbocycles. The molecule has 1 aromatic heterocycles. The van der Waals surface area contributed by atoms with Crippen molar-refractivity contribution in [1.29, 1.82) is 0 Å². The molecule has 0 amide bonds. The van der Waals surface area contributed by atoms with Gasteiger partial charge in [-0.15, -0.1) is 0 Å². The first-order chi connectivity index (χ1) is 7.56. The SMILES string of the molecule is CON(C)/C(=C\C(=O)c1ccsn1)C(=O)O. The first-order valence-corrected chi connectivity index (χ1v) is 5.07. The molecule has 0 unspecified atom stereocenters. The Kier molecular flexibility index (Phi) is 4.15. The van der Waals surface area contributed by atoms with Crippen molar-refractivity contribution in [3.05, 3.63) is 28.9 Å². The minimum Gasteiger partial charge on any atom is -0.477 e. The van der Waals surface area contributed by atoms with Gasteiger partial charge in [-0.25, -0.2) is 4.79 Å². The van der Waals surface area contributed by atoms with Crippen molar-refractivity contribution in [3.63, 3.8) is 0 Å². The number of ketones is 1. The highest BCUT2D eigenvalue weighted by Crippen LogP contribution is 2.07. The smallest absolute Gasteiger partial charge is 0.354 e. The van der Waals surface area contributed by atoms with Crippen LogP contribution in [0.1, 0.15) is 10.5 Å². The second-order valence-electron chi connectivity index (χ2n) is 2.76. The maximum atomic E-state index is 11.6. The molecule has 0 radical (unpaired) electrons. The van der Waals surface area contributed by atoms with E-state index < -0.39 is 11.8 Å². The van der Waals surface area contributed by atoms with Crippen LogP contribution >= 0.6 is 11.5 Å². The van der Waals surface area contributed by atoms with Crippen molar-refractivity contribution in [2.45, 2.75) is 0 Å². The molecule has 0 spiro atoms. The maximum Gasteiger partial charge on any atom is 0.354 e. The van der Waals surface area contributed by atoms with E-state index in [1.807, 2.05) is 0 Å². The summed E-state index contributed by atoms with van der Waals surface area (Å²) < 4.78 is 3.81. The monoisotopic (exact) mass is 242 g/mol. The van der Waals surface area contributed by atoms with Crippen molar-refractivity contribution in [1.82, 2.24) is 9.44 Å². The van der Waals surface area contributed by atoms with E-state index in [4.69, 9.17) is 9.94 Å². The highest BCUT2D eigenvalue weighted by atomic mass is 32.1. The number of carbonyl (C=O) groups excluding carboxylic acids is 1. The number of aromatic nitrogens is 1. The predicted molar refractivity (Wildman–Crippen MR) is 56.9 cm³/mol. The van der Waals surface area contributed by atoms with Crippen LogP contribution < -0.4 is 0 Å². The van der Waals surface area contributed by atoms with Gasteiger partial charge in [0.25, 0.3) is 0 Å². The van der Waals surface area contributed by atoms with Gasteiger partial charge in [0.05, 0.1) is 7.11 Å². The second kappa shape index (κ2) is 5.38. The highest BCUT2D eigenvalue weighted by molar-refractivity contribution is 7.03. The van der Waals surface area contributed by atoms with Crippen LogP contribution in [0.15, 0.2) is 23.2 Å². The molecule has 1 heterocycles. The Labute approximate surface area is 95.9 Å². The van der Waals surface area contributed by atoms with Crippen LogP contribution in [0.4, 0.5) is 0 Å². The highest BCUT2D eigenvalue weighted by Gasteiger charge is 2.16. The van der Waals surface area contributed by atoms with E-state index in [0.29, 0.717) is 0 Å². The van der Waals surface area contributed by atoms with E-state index in [2.05, 4.69) is 4.37 Å². The zero-order chi connectivity index (χ0) is 12.1. The minimum absolute atomic E-state index is 0.216. The lowest BCUT2D eigenvalue weighted by Crippen LogP contribution is -2.23. The summed E-state index contributed by atoms with van der Waals surface area (Å²) in [7, 11) is 2.71. The molecule has 6 nitrogen and oxygen atoms in total. The topological polar surface area (TPSA) is 79.7 Å². The molecule has 7 heteroatoms. The van der Waals surface area contributed by atoms with E-state index in [-0.39, 0.29) is 11.4 Å². The van der Waals surface area contributed by atoms with Crippen LogP contribution in [0.25, 0.3) is 0 Å². The van der Waals surface area contributed by atoms with Gasteiger partial charge >= 0.3 is 5.97 Å². The lowest BCUT2D eigenvalue weighted by Gasteiger charge is -2.15. The molecule has 0 saturated heterocycles. The lowest BCUT2D eigenvalue weighted by molar-refractivity contribution is -0.144. The van der Waals surface area contributed by atoms with Crippen LogP contribution in [0.5, 0.6) is 0 Å². The fraction of sp³-hybridized carbons (Fsp3) is 0.222. The minimum atomic E-state index is -1.24. The third-order valence-electron chi connectivity index (χ3n) is 1.79. The van der Waals surface area contributed by atoms with Gasteiger partial charge in [0, 0.05) is 18.5 Å². The number of nitrogens with zero attached hydrogens (tertiary/aromatic N) is 2.